The Labute approximate surface area is 120 Å². The summed E-state index contributed by atoms with van der Waals surface area (Å²) in [7, 11) is 1.84. The van der Waals surface area contributed by atoms with Gasteiger partial charge in [0.05, 0.1) is 0 Å². The van der Waals surface area contributed by atoms with Gasteiger partial charge in [-0.1, -0.05) is 32.9 Å². The third-order valence-electron chi connectivity index (χ3n) is 3.02. The van der Waals surface area contributed by atoms with E-state index in [4.69, 9.17) is 4.74 Å². The summed E-state index contributed by atoms with van der Waals surface area (Å²) in [5.74, 6) is 3.18. The van der Waals surface area contributed by atoms with Gasteiger partial charge in [0, 0.05) is 19.0 Å². The minimum atomic E-state index is 0.257. The van der Waals surface area contributed by atoms with Crippen LogP contribution in [0.2, 0.25) is 0 Å². The fourth-order valence-electron chi connectivity index (χ4n) is 1.83. The highest BCUT2D eigenvalue weighted by Gasteiger charge is 2.09. The predicted molar refractivity (Wildman–Crippen MR) is 81.6 cm³/mol. The largest absolute Gasteiger partial charge is 0.439 e. The summed E-state index contributed by atoms with van der Waals surface area (Å²) in [5.41, 5.74) is 1.24. The van der Waals surface area contributed by atoms with Gasteiger partial charge in [0.2, 0.25) is 5.88 Å². The summed E-state index contributed by atoms with van der Waals surface area (Å²) in [6, 6.07) is 9.87. The second-order valence-electron chi connectivity index (χ2n) is 4.96. The first kappa shape index (κ1) is 14.3. The third kappa shape index (κ3) is 3.47. The minimum Gasteiger partial charge on any atom is -0.439 e. The van der Waals surface area contributed by atoms with E-state index in [9.17, 15) is 0 Å². The van der Waals surface area contributed by atoms with Crippen LogP contribution in [-0.2, 0) is 6.42 Å². The SMILES string of the molecule is CCc1cccc(Oc2cc(NC)nc(C(C)C)n2)c1. The average Bonchev–Trinajstić information content (AvgIpc) is 2.47. The molecule has 0 aliphatic heterocycles. The van der Waals surface area contributed by atoms with Gasteiger partial charge in [-0.3, -0.25) is 0 Å². The molecule has 0 spiro atoms. The molecule has 1 heterocycles. The van der Waals surface area contributed by atoms with Gasteiger partial charge in [-0.25, -0.2) is 4.98 Å². The lowest BCUT2D eigenvalue weighted by Gasteiger charge is -2.11. The molecule has 1 N–H and O–H groups in total. The number of nitrogens with one attached hydrogen (secondary N) is 1. The molecule has 0 atom stereocenters. The van der Waals surface area contributed by atoms with E-state index in [0.29, 0.717) is 5.88 Å². The Balaban J connectivity index is 2.29. The van der Waals surface area contributed by atoms with Gasteiger partial charge >= 0.3 is 0 Å². The van der Waals surface area contributed by atoms with Crippen molar-refractivity contribution in [1.82, 2.24) is 9.97 Å². The molecule has 2 aromatic rings. The van der Waals surface area contributed by atoms with E-state index in [0.717, 1.165) is 23.8 Å². The van der Waals surface area contributed by atoms with Gasteiger partial charge in [0.15, 0.2) is 0 Å². The molecule has 20 heavy (non-hydrogen) atoms. The summed E-state index contributed by atoms with van der Waals surface area (Å²) in [4.78, 5) is 8.88. The van der Waals surface area contributed by atoms with E-state index >= 15 is 0 Å². The second-order valence-corrected chi connectivity index (χ2v) is 4.96. The Morgan fingerprint density at radius 1 is 1.20 bits per heavy atom. The van der Waals surface area contributed by atoms with Gasteiger partial charge in [0.1, 0.15) is 17.4 Å². The molecule has 0 aliphatic carbocycles. The van der Waals surface area contributed by atoms with Crippen molar-refractivity contribution >= 4 is 5.82 Å². The highest BCUT2D eigenvalue weighted by molar-refractivity contribution is 5.40. The van der Waals surface area contributed by atoms with Crippen LogP contribution in [0, 0.1) is 0 Å². The molecule has 4 heteroatoms. The zero-order valence-corrected chi connectivity index (χ0v) is 12.5. The lowest BCUT2D eigenvalue weighted by molar-refractivity contribution is 0.457. The first-order chi connectivity index (χ1) is 9.62. The summed E-state index contributed by atoms with van der Waals surface area (Å²) in [6.45, 7) is 6.26. The van der Waals surface area contributed by atoms with Crippen molar-refractivity contribution in [2.45, 2.75) is 33.1 Å². The van der Waals surface area contributed by atoms with Crippen LogP contribution in [-0.4, -0.2) is 17.0 Å². The third-order valence-corrected chi connectivity index (χ3v) is 3.02. The molecule has 0 amide bonds. The highest BCUT2D eigenvalue weighted by Crippen LogP contribution is 2.24. The number of anilines is 1. The molecule has 4 nitrogen and oxygen atoms in total. The zero-order chi connectivity index (χ0) is 14.5. The van der Waals surface area contributed by atoms with Gasteiger partial charge < -0.3 is 10.1 Å². The van der Waals surface area contributed by atoms with Crippen LogP contribution in [0.5, 0.6) is 11.6 Å². The Hall–Kier alpha value is -2.10. The van der Waals surface area contributed by atoms with Crippen LogP contribution in [0.15, 0.2) is 30.3 Å². The van der Waals surface area contributed by atoms with E-state index in [1.165, 1.54) is 5.56 Å². The van der Waals surface area contributed by atoms with Crippen LogP contribution in [0.4, 0.5) is 5.82 Å². The monoisotopic (exact) mass is 271 g/mol. The molecule has 0 saturated heterocycles. The normalized spacial score (nSPS) is 10.7. The number of benzene rings is 1. The van der Waals surface area contributed by atoms with Crippen molar-refractivity contribution in [3.63, 3.8) is 0 Å². The average molecular weight is 271 g/mol. The van der Waals surface area contributed by atoms with E-state index in [1.807, 2.05) is 31.3 Å². The van der Waals surface area contributed by atoms with Crippen LogP contribution < -0.4 is 10.1 Å². The minimum absolute atomic E-state index is 0.257. The highest BCUT2D eigenvalue weighted by atomic mass is 16.5. The van der Waals surface area contributed by atoms with E-state index < -0.39 is 0 Å². The quantitative estimate of drug-likeness (QED) is 0.893. The first-order valence-electron chi connectivity index (χ1n) is 6.96. The first-order valence-corrected chi connectivity index (χ1v) is 6.96. The smallest absolute Gasteiger partial charge is 0.224 e. The van der Waals surface area contributed by atoms with Gasteiger partial charge in [-0.15, -0.1) is 0 Å². The van der Waals surface area contributed by atoms with Crippen molar-refractivity contribution in [3.8, 4) is 11.6 Å². The summed E-state index contributed by atoms with van der Waals surface area (Å²) < 4.78 is 5.86. The van der Waals surface area contributed by atoms with Gasteiger partial charge in [0.25, 0.3) is 0 Å². The molecule has 106 valence electrons. The lowest BCUT2D eigenvalue weighted by Crippen LogP contribution is -2.03. The molecule has 2 rings (SSSR count). The molecular weight excluding hydrogens is 250 g/mol. The van der Waals surface area contributed by atoms with Crippen molar-refractivity contribution in [3.05, 3.63) is 41.7 Å². The van der Waals surface area contributed by atoms with Crippen LogP contribution in [0.1, 0.15) is 38.1 Å². The van der Waals surface area contributed by atoms with Crippen molar-refractivity contribution in [2.75, 3.05) is 12.4 Å². The molecule has 0 bridgehead atoms. The van der Waals surface area contributed by atoms with Gasteiger partial charge in [-0.05, 0) is 24.1 Å². The molecule has 0 radical (unpaired) electrons. The number of hydrogen-bond donors (Lipinski definition) is 1. The summed E-state index contributed by atoms with van der Waals surface area (Å²) in [5, 5.41) is 3.04. The molecule has 1 aromatic carbocycles. The molecule has 0 aliphatic rings. The van der Waals surface area contributed by atoms with E-state index in [2.05, 4.69) is 42.1 Å². The number of aryl methyl sites for hydroxylation is 1. The Bertz CT molecular complexity index is 582. The van der Waals surface area contributed by atoms with Crippen molar-refractivity contribution in [1.29, 1.82) is 0 Å². The Kier molecular flexibility index (Phi) is 4.56. The van der Waals surface area contributed by atoms with Crippen molar-refractivity contribution in [2.24, 2.45) is 0 Å². The Morgan fingerprint density at radius 3 is 2.65 bits per heavy atom. The number of aromatic nitrogens is 2. The lowest BCUT2D eigenvalue weighted by atomic mass is 10.2. The van der Waals surface area contributed by atoms with E-state index in [1.54, 1.807) is 0 Å². The van der Waals surface area contributed by atoms with E-state index in [-0.39, 0.29) is 5.92 Å². The molecule has 1 aromatic heterocycles. The van der Waals surface area contributed by atoms with Gasteiger partial charge in [-0.2, -0.15) is 4.98 Å². The maximum absolute atomic E-state index is 5.86. The number of ether oxygens (including phenoxy) is 1. The summed E-state index contributed by atoms with van der Waals surface area (Å²) in [6.07, 6.45) is 0.986. The topological polar surface area (TPSA) is 47.0 Å². The fourth-order valence-corrected chi connectivity index (χ4v) is 1.83. The Morgan fingerprint density at radius 2 is 2.00 bits per heavy atom. The predicted octanol–water partition coefficient (Wildman–Crippen LogP) is 4.00. The standard InChI is InChI=1S/C16H21N3O/c1-5-12-7-6-8-13(9-12)20-15-10-14(17-4)18-16(19-15)11(2)3/h6-11H,5H2,1-4H3,(H,17,18,19). The number of nitrogens with zero attached hydrogens (tertiary/aromatic N) is 2. The molecule has 0 fully saturated rings. The summed E-state index contributed by atoms with van der Waals surface area (Å²) >= 11 is 0. The van der Waals surface area contributed by atoms with Crippen molar-refractivity contribution < 1.29 is 4.74 Å². The maximum Gasteiger partial charge on any atom is 0.224 e. The maximum atomic E-state index is 5.86. The van der Waals surface area contributed by atoms with Crippen LogP contribution >= 0.6 is 0 Å². The van der Waals surface area contributed by atoms with Crippen LogP contribution in [0.3, 0.4) is 0 Å². The number of rotatable bonds is 5. The fraction of sp³-hybridized carbons (Fsp3) is 0.375. The molecule has 0 unspecified atom stereocenters. The number of hydrogen-bond acceptors (Lipinski definition) is 4. The second kappa shape index (κ2) is 6.37. The molecule has 0 saturated carbocycles. The molecular formula is C16H21N3O. The zero-order valence-electron chi connectivity index (χ0n) is 12.5. The van der Waals surface area contributed by atoms with Crippen LogP contribution in [0.25, 0.3) is 0 Å².